The number of fused-ring (bicyclic) bond motifs is 1. The van der Waals surface area contributed by atoms with Crippen LogP contribution in [0.25, 0.3) is 11.0 Å². The van der Waals surface area contributed by atoms with Gasteiger partial charge in [-0.15, -0.1) is 0 Å². The molecule has 0 saturated carbocycles. The Hall–Kier alpha value is -2.08. The molecule has 6 nitrogen and oxygen atoms in total. The lowest BCUT2D eigenvalue weighted by atomic mass is 10.1. The van der Waals surface area contributed by atoms with Crippen LogP contribution in [0.5, 0.6) is 0 Å². The van der Waals surface area contributed by atoms with Gasteiger partial charge in [-0.2, -0.15) is 0 Å². The summed E-state index contributed by atoms with van der Waals surface area (Å²) in [5, 5.41) is 9.00. The molecule has 1 fully saturated rings. The highest BCUT2D eigenvalue weighted by Gasteiger charge is 2.23. The van der Waals surface area contributed by atoms with Gasteiger partial charge in [0.25, 0.3) is 0 Å². The van der Waals surface area contributed by atoms with E-state index in [9.17, 15) is 9.59 Å². The predicted octanol–water partition coefficient (Wildman–Crippen LogP) is 1.37. The van der Waals surface area contributed by atoms with Gasteiger partial charge in [-0.25, -0.2) is 9.59 Å². The maximum atomic E-state index is 12.1. The van der Waals surface area contributed by atoms with Crippen LogP contribution in [0, 0.1) is 5.92 Å². The normalized spacial score (nSPS) is 19.4. The van der Waals surface area contributed by atoms with Crippen LogP contribution in [-0.4, -0.2) is 45.2 Å². The van der Waals surface area contributed by atoms with Crippen molar-refractivity contribution in [2.24, 2.45) is 5.92 Å². The minimum atomic E-state index is -0.986. The van der Waals surface area contributed by atoms with Crippen LogP contribution in [0.3, 0.4) is 0 Å². The quantitative estimate of drug-likeness (QED) is 0.891. The van der Waals surface area contributed by atoms with Gasteiger partial charge in [0.1, 0.15) is 0 Å². The Morgan fingerprint density at radius 2 is 2.29 bits per heavy atom. The fourth-order valence-corrected chi connectivity index (χ4v) is 3.09. The third kappa shape index (κ3) is 2.58. The molecule has 1 aromatic heterocycles. The molecule has 1 atom stereocenters. The summed E-state index contributed by atoms with van der Waals surface area (Å²) in [4.78, 5) is 28.2. The number of likely N-dealkylation sites (tertiary alicyclic amines) is 1. The molecule has 2 heterocycles. The standard InChI is InChI=1S/C15H19N3O3/c1-2-17-6-5-10(8-17)9-18-13-4-3-11(14(19)20)7-12(13)16-15(18)21/h3-4,7,10H,2,5-6,8-9H2,1H3,(H,16,21)(H,19,20). The number of benzene rings is 1. The third-order valence-corrected chi connectivity index (χ3v) is 4.28. The summed E-state index contributed by atoms with van der Waals surface area (Å²) in [5.74, 6) is -0.513. The van der Waals surface area contributed by atoms with E-state index in [0.717, 1.165) is 31.6 Å². The second-order valence-electron chi connectivity index (χ2n) is 5.63. The van der Waals surface area contributed by atoms with Crippen LogP contribution in [0.4, 0.5) is 0 Å². The number of carboxylic acid groups (broad SMARTS) is 1. The van der Waals surface area contributed by atoms with Crippen LogP contribution in [0.1, 0.15) is 23.7 Å². The number of hydrogen-bond acceptors (Lipinski definition) is 3. The van der Waals surface area contributed by atoms with E-state index in [1.165, 1.54) is 6.07 Å². The number of nitrogens with one attached hydrogen (secondary N) is 1. The topological polar surface area (TPSA) is 78.3 Å². The Bertz CT molecular complexity index is 731. The molecule has 0 radical (unpaired) electrons. The van der Waals surface area contributed by atoms with Crippen molar-refractivity contribution >= 4 is 17.0 Å². The second kappa shape index (κ2) is 5.37. The van der Waals surface area contributed by atoms with Gasteiger partial charge in [0.05, 0.1) is 16.6 Å². The van der Waals surface area contributed by atoms with Gasteiger partial charge in [-0.3, -0.25) is 4.57 Å². The molecule has 21 heavy (non-hydrogen) atoms. The molecule has 2 N–H and O–H groups in total. The second-order valence-corrected chi connectivity index (χ2v) is 5.63. The number of imidazole rings is 1. The van der Waals surface area contributed by atoms with Crippen molar-refractivity contribution in [2.45, 2.75) is 19.9 Å². The number of aromatic carboxylic acids is 1. The van der Waals surface area contributed by atoms with Crippen LogP contribution in [0.15, 0.2) is 23.0 Å². The maximum Gasteiger partial charge on any atom is 0.335 e. The molecular weight excluding hydrogens is 270 g/mol. The highest BCUT2D eigenvalue weighted by molar-refractivity contribution is 5.92. The average molecular weight is 289 g/mol. The zero-order valence-corrected chi connectivity index (χ0v) is 12.0. The molecule has 1 aliphatic heterocycles. The summed E-state index contributed by atoms with van der Waals surface area (Å²) in [6.07, 6.45) is 1.10. The molecule has 1 aliphatic rings. The number of nitrogens with zero attached hydrogens (tertiary/aromatic N) is 2. The maximum absolute atomic E-state index is 12.1. The lowest BCUT2D eigenvalue weighted by molar-refractivity contribution is 0.0697. The van der Waals surface area contributed by atoms with Crippen molar-refractivity contribution in [1.29, 1.82) is 0 Å². The smallest absolute Gasteiger partial charge is 0.335 e. The van der Waals surface area contributed by atoms with E-state index in [2.05, 4.69) is 16.8 Å². The first kappa shape index (κ1) is 13.9. The first-order chi connectivity index (χ1) is 10.1. The van der Waals surface area contributed by atoms with Gasteiger partial charge in [-0.05, 0) is 43.6 Å². The van der Waals surface area contributed by atoms with Gasteiger partial charge >= 0.3 is 11.7 Å². The number of H-pyrrole nitrogens is 1. The van der Waals surface area contributed by atoms with Crippen molar-refractivity contribution in [1.82, 2.24) is 14.5 Å². The van der Waals surface area contributed by atoms with Gasteiger partial charge < -0.3 is 15.0 Å². The number of carbonyl (C=O) groups is 1. The molecule has 1 saturated heterocycles. The van der Waals surface area contributed by atoms with E-state index in [-0.39, 0.29) is 11.3 Å². The van der Waals surface area contributed by atoms with Crippen molar-refractivity contribution < 1.29 is 9.90 Å². The molecule has 2 aromatic rings. The average Bonchev–Trinajstić information content (AvgIpc) is 3.04. The molecule has 6 heteroatoms. The van der Waals surface area contributed by atoms with Crippen molar-refractivity contribution in [2.75, 3.05) is 19.6 Å². The number of rotatable bonds is 4. The Balaban J connectivity index is 1.90. The molecular formula is C15H19N3O3. The minimum Gasteiger partial charge on any atom is -0.478 e. The van der Waals surface area contributed by atoms with E-state index in [1.54, 1.807) is 16.7 Å². The van der Waals surface area contributed by atoms with Crippen LogP contribution in [0.2, 0.25) is 0 Å². The minimum absolute atomic E-state index is 0.164. The Morgan fingerprint density at radius 3 is 2.95 bits per heavy atom. The van der Waals surface area contributed by atoms with E-state index in [4.69, 9.17) is 5.11 Å². The molecule has 1 aromatic carbocycles. The number of carboxylic acids is 1. The van der Waals surface area contributed by atoms with Gasteiger partial charge in [0, 0.05) is 13.1 Å². The highest BCUT2D eigenvalue weighted by Crippen LogP contribution is 2.20. The van der Waals surface area contributed by atoms with Crippen LogP contribution < -0.4 is 5.69 Å². The number of hydrogen-bond donors (Lipinski definition) is 2. The summed E-state index contributed by atoms with van der Waals surface area (Å²) in [5.41, 5.74) is 1.39. The first-order valence-corrected chi connectivity index (χ1v) is 7.26. The summed E-state index contributed by atoms with van der Waals surface area (Å²) >= 11 is 0. The van der Waals surface area contributed by atoms with E-state index >= 15 is 0 Å². The number of aromatic amines is 1. The van der Waals surface area contributed by atoms with Crippen molar-refractivity contribution in [3.05, 3.63) is 34.2 Å². The molecule has 3 rings (SSSR count). The van der Waals surface area contributed by atoms with Gasteiger partial charge in [0.15, 0.2) is 0 Å². The zero-order chi connectivity index (χ0) is 15.0. The fraction of sp³-hybridized carbons (Fsp3) is 0.467. The molecule has 0 aliphatic carbocycles. The van der Waals surface area contributed by atoms with Crippen molar-refractivity contribution in [3.63, 3.8) is 0 Å². The van der Waals surface area contributed by atoms with E-state index in [1.807, 2.05) is 0 Å². The lowest BCUT2D eigenvalue weighted by Crippen LogP contribution is -2.25. The van der Waals surface area contributed by atoms with Crippen molar-refractivity contribution in [3.8, 4) is 0 Å². The van der Waals surface area contributed by atoms with Gasteiger partial charge in [-0.1, -0.05) is 6.92 Å². The molecule has 0 amide bonds. The molecule has 0 spiro atoms. The first-order valence-electron chi connectivity index (χ1n) is 7.26. The highest BCUT2D eigenvalue weighted by atomic mass is 16.4. The summed E-state index contributed by atoms with van der Waals surface area (Å²) < 4.78 is 1.73. The molecule has 112 valence electrons. The van der Waals surface area contributed by atoms with E-state index in [0.29, 0.717) is 18.0 Å². The third-order valence-electron chi connectivity index (χ3n) is 4.28. The lowest BCUT2D eigenvalue weighted by Gasteiger charge is -2.13. The molecule has 1 unspecified atom stereocenters. The SMILES string of the molecule is CCN1CCC(Cn2c(=O)[nH]c3cc(C(=O)O)ccc32)C1. The summed E-state index contributed by atoms with van der Waals surface area (Å²) in [6.45, 7) is 5.97. The largest absolute Gasteiger partial charge is 0.478 e. The Labute approximate surface area is 122 Å². The monoisotopic (exact) mass is 289 g/mol. The summed E-state index contributed by atoms with van der Waals surface area (Å²) in [7, 11) is 0. The predicted molar refractivity (Wildman–Crippen MR) is 79.7 cm³/mol. The van der Waals surface area contributed by atoms with Crippen LogP contribution in [-0.2, 0) is 6.54 Å². The number of aromatic nitrogens is 2. The zero-order valence-electron chi connectivity index (χ0n) is 12.0. The summed E-state index contributed by atoms with van der Waals surface area (Å²) in [6, 6.07) is 4.77. The molecule has 0 bridgehead atoms. The Kier molecular flexibility index (Phi) is 3.55. The fourth-order valence-electron chi connectivity index (χ4n) is 3.09. The van der Waals surface area contributed by atoms with Crippen LogP contribution >= 0.6 is 0 Å². The van der Waals surface area contributed by atoms with Gasteiger partial charge in [0.2, 0.25) is 0 Å². The van der Waals surface area contributed by atoms with E-state index < -0.39 is 5.97 Å². The Morgan fingerprint density at radius 1 is 1.48 bits per heavy atom.